The molecule has 1 heterocycles. The molecule has 0 atom stereocenters. The summed E-state index contributed by atoms with van der Waals surface area (Å²) in [5, 5.41) is 0. The van der Waals surface area contributed by atoms with Gasteiger partial charge in [-0.05, 0) is 31.1 Å². The summed E-state index contributed by atoms with van der Waals surface area (Å²) in [6, 6.07) is 4.29. The number of thiophene rings is 1. The average molecular weight is 195 g/mol. The Bertz CT molecular complexity index is 297. The molecule has 1 aromatic heterocycles. The molecule has 0 radical (unpaired) electrons. The van der Waals surface area contributed by atoms with Crippen LogP contribution in [0.3, 0.4) is 0 Å². The first-order chi connectivity index (χ1) is 6.13. The first-order valence-electron chi connectivity index (χ1n) is 4.60. The number of aryl methyl sites for hydroxylation is 1. The van der Waals surface area contributed by atoms with E-state index in [0.717, 1.165) is 0 Å². The van der Waals surface area contributed by atoms with Crippen LogP contribution < -0.4 is 5.73 Å². The zero-order valence-corrected chi connectivity index (χ0v) is 9.32. The summed E-state index contributed by atoms with van der Waals surface area (Å²) in [7, 11) is 0. The summed E-state index contributed by atoms with van der Waals surface area (Å²) >= 11 is 1.82. The summed E-state index contributed by atoms with van der Waals surface area (Å²) in [4.78, 5) is 2.66. The molecule has 0 spiro atoms. The van der Waals surface area contributed by atoms with E-state index in [1.165, 1.54) is 15.3 Å². The average Bonchev–Trinajstić information content (AvgIpc) is 2.46. The molecule has 0 aliphatic heterocycles. The van der Waals surface area contributed by atoms with E-state index in [4.69, 9.17) is 5.73 Å². The lowest BCUT2D eigenvalue weighted by molar-refractivity contribution is 0.753. The van der Waals surface area contributed by atoms with Crippen molar-refractivity contribution < 1.29 is 0 Å². The van der Waals surface area contributed by atoms with Crippen molar-refractivity contribution >= 4 is 17.4 Å². The van der Waals surface area contributed by atoms with Gasteiger partial charge in [-0.1, -0.05) is 19.4 Å². The Balaban J connectivity index is 2.84. The van der Waals surface area contributed by atoms with Gasteiger partial charge < -0.3 is 5.73 Å². The van der Waals surface area contributed by atoms with Crippen molar-refractivity contribution in [2.24, 2.45) is 11.7 Å². The Hall–Kier alpha value is -0.600. The largest absolute Gasteiger partial charge is 0.327 e. The van der Waals surface area contributed by atoms with Gasteiger partial charge in [-0.15, -0.1) is 11.3 Å². The van der Waals surface area contributed by atoms with Crippen LogP contribution in [0.5, 0.6) is 0 Å². The molecule has 2 heteroatoms. The maximum Gasteiger partial charge on any atom is 0.0273 e. The number of hydrogen-bond acceptors (Lipinski definition) is 2. The van der Waals surface area contributed by atoms with Crippen LogP contribution in [-0.2, 0) is 0 Å². The highest BCUT2D eigenvalue weighted by Crippen LogP contribution is 2.20. The summed E-state index contributed by atoms with van der Waals surface area (Å²) in [5.41, 5.74) is 6.99. The standard InChI is InChI=1S/C11H17NS/c1-8(2)10(7-12)6-11-5-4-9(3)13-11/h4-6,8H,7,12H2,1-3H3/b10-6+. The fraction of sp³-hybridized carbons (Fsp3) is 0.455. The van der Waals surface area contributed by atoms with E-state index in [-0.39, 0.29) is 0 Å². The molecule has 0 bridgehead atoms. The predicted molar refractivity (Wildman–Crippen MR) is 60.9 cm³/mol. The molecule has 0 unspecified atom stereocenters. The normalized spacial score (nSPS) is 12.5. The van der Waals surface area contributed by atoms with Gasteiger partial charge in [0, 0.05) is 16.3 Å². The van der Waals surface area contributed by atoms with Crippen LogP contribution in [0, 0.1) is 12.8 Å². The van der Waals surface area contributed by atoms with Gasteiger partial charge in [-0.25, -0.2) is 0 Å². The van der Waals surface area contributed by atoms with E-state index in [0.29, 0.717) is 12.5 Å². The summed E-state index contributed by atoms with van der Waals surface area (Å²) in [6.07, 6.45) is 2.21. The summed E-state index contributed by atoms with van der Waals surface area (Å²) in [5.74, 6) is 0.549. The lowest BCUT2D eigenvalue weighted by atomic mass is 10.0. The Kier molecular flexibility index (Phi) is 3.70. The second kappa shape index (κ2) is 4.58. The number of nitrogens with two attached hydrogens (primary N) is 1. The summed E-state index contributed by atoms with van der Waals surface area (Å²) in [6.45, 7) is 7.15. The SMILES string of the molecule is Cc1ccc(/C=C(\CN)C(C)C)s1. The molecule has 0 aliphatic rings. The minimum Gasteiger partial charge on any atom is -0.327 e. The molecule has 0 aromatic carbocycles. The quantitative estimate of drug-likeness (QED) is 0.788. The highest BCUT2D eigenvalue weighted by molar-refractivity contribution is 7.12. The fourth-order valence-corrected chi connectivity index (χ4v) is 2.03. The predicted octanol–water partition coefficient (Wildman–Crippen LogP) is 3.05. The Labute approximate surface area is 84.3 Å². The van der Waals surface area contributed by atoms with Crippen LogP contribution >= 0.6 is 11.3 Å². The molecule has 0 saturated heterocycles. The van der Waals surface area contributed by atoms with Crippen molar-refractivity contribution in [3.8, 4) is 0 Å². The molecule has 13 heavy (non-hydrogen) atoms. The third kappa shape index (κ3) is 2.98. The van der Waals surface area contributed by atoms with Crippen LogP contribution in [0.4, 0.5) is 0 Å². The zero-order valence-electron chi connectivity index (χ0n) is 8.50. The van der Waals surface area contributed by atoms with Crippen molar-refractivity contribution in [2.75, 3.05) is 6.54 Å². The van der Waals surface area contributed by atoms with Crippen molar-refractivity contribution in [3.05, 3.63) is 27.5 Å². The van der Waals surface area contributed by atoms with Crippen LogP contribution in [0.2, 0.25) is 0 Å². The molecule has 2 N–H and O–H groups in total. The van der Waals surface area contributed by atoms with Gasteiger partial charge >= 0.3 is 0 Å². The monoisotopic (exact) mass is 195 g/mol. The highest BCUT2D eigenvalue weighted by atomic mass is 32.1. The van der Waals surface area contributed by atoms with E-state index in [2.05, 4.69) is 39.0 Å². The van der Waals surface area contributed by atoms with Gasteiger partial charge in [0.1, 0.15) is 0 Å². The molecular weight excluding hydrogens is 178 g/mol. The molecular formula is C11H17NS. The van der Waals surface area contributed by atoms with Crippen molar-refractivity contribution in [1.29, 1.82) is 0 Å². The van der Waals surface area contributed by atoms with Crippen LogP contribution in [0.1, 0.15) is 23.6 Å². The van der Waals surface area contributed by atoms with E-state index < -0.39 is 0 Å². The number of rotatable bonds is 3. The lowest BCUT2D eigenvalue weighted by Gasteiger charge is -2.07. The smallest absolute Gasteiger partial charge is 0.0273 e. The van der Waals surface area contributed by atoms with Gasteiger partial charge in [0.25, 0.3) is 0 Å². The van der Waals surface area contributed by atoms with E-state index in [9.17, 15) is 0 Å². The maximum absolute atomic E-state index is 5.66. The topological polar surface area (TPSA) is 26.0 Å². The second-order valence-electron chi connectivity index (χ2n) is 3.53. The highest BCUT2D eigenvalue weighted by Gasteiger charge is 2.01. The van der Waals surface area contributed by atoms with Crippen molar-refractivity contribution in [3.63, 3.8) is 0 Å². The van der Waals surface area contributed by atoms with Gasteiger partial charge in [0.05, 0.1) is 0 Å². The first kappa shape index (κ1) is 10.5. The third-order valence-electron chi connectivity index (χ3n) is 2.07. The van der Waals surface area contributed by atoms with E-state index in [1.807, 2.05) is 11.3 Å². The zero-order chi connectivity index (χ0) is 9.84. The van der Waals surface area contributed by atoms with E-state index in [1.54, 1.807) is 0 Å². The molecule has 1 rings (SSSR count). The van der Waals surface area contributed by atoms with Crippen LogP contribution in [-0.4, -0.2) is 6.54 Å². The minimum absolute atomic E-state index is 0.549. The molecule has 0 saturated carbocycles. The molecule has 1 aromatic rings. The second-order valence-corrected chi connectivity index (χ2v) is 4.85. The van der Waals surface area contributed by atoms with Gasteiger partial charge in [-0.2, -0.15) is 0 Å². The molecule has 1 nitrogen and oxygen atoms in total. The van der Waals surface area contributed by atoms with Crippen LogP contribution in [0.15, 0.2) is 17.7 Å². The molecule has 0 fully saturated rings. The minimum atomic E-state index is 0.549. The van der Waals surface area contributed by atoms with E-state index >= 15 is 0 Å². The Morgan fingerprint density at radius 2 is 2.23 bits per heavy atom. The fourth-order valence-electron chi connectivity index (χ4n) is 1.18. The molecule has 72 valence electrons. The van der Waals surface area contributed by atoms with Crippen molar-refractivity contribution in [1.82, 2.24) is 0 Å². The maximum atomic E-state index is 5.66. The third-order valence-corrected chi connectivity index (χ3v) is 3.01. The van der Waals surface area contributed by atoms with Gasteiger partial charge in [0.2, 0.25) is 0 Å². The summed E-state index contributed by atoms with van der Waals surface area (Å²) < 4.78 is 0. The van der Waals surface area contributed by atoms with Crippen LogP contribution in [0.25, 0.3) is 6.08 Å². The first-order valence-corrected chi connectivity index (χ1v) is 5.42. The Morgan fingerprint density at radius 1 is 1.54 bits per heavy atom. The Morgan fingerprint density at radius 3 is 2.62 bits per heavy atom. The number of hydrogen-bond donors (Lipinski definition) is 1. The van der Waals surface area contributed by atoms with Crippen molar-refractivity contribution in [2.45, 2.75) is 20.8 Å². The van der Waals surface area contributed by atoms with Gasteiger partial charge in [0.15, 0.2) is 0 Å². The molecule has 0 amide bonds. The molecule has 0 aliphatic carbocycles. The lowest BCUT2D eigenvalue weighted by Crippen LogP contribution is -2.07. The van der Waals surface area contributed by atoms with Gasteiger partial charge in [-0.3, -0.25) is 0 Å².